The molecular weight excluding hydrogens is 320 g/mol. The Labute approximate surface area is 148 Å². The first-order chi connectivity index (χ1) is 11.7. The van der Waals surface area contributed by atoms with Crippen molar-refractivity contribution in [2.24, 2.45) is 4.99 Å². The predicted molar refractivity (Wildman–Crippen MR) is 101 cm³/mol. The van der Waals surface area contributed by atoms with Gasteiger partial charge in [0.05, 0.1) is 12.2 Å². The highest BCUT2D eigenvalue weighted by Crippen LogP contribution is 2.18. The van der Waals surface area contributed by atoms with Crippen molar-refractivity contribution in [3.8, 4) is 0 Å². The lowest BCUT2D eigenvalue weighted by Gasteiger charge is -2.15. The van der Waals surface area contributed by atoms with Crippen LogP contribution in [0.4, 0.5) is 0 Å². The molecule has 132 valence electrons. The van der Waals surface area contributed by atoms with E-state index in [1.165, 1.54) is 5.56 Å². The van der Waals surface area contributed by atoms with Gasteiger partial charge in [-0.25, -0.2) is 4.99 Å². The Balaban J connectivity index is 2.01. The molecule has 0 radical (unpaired) electrons. The number of hydrogen-bond donors (Lipinski definition) is 2. The van der Waals surface area contributed by atoms with Crippen LogP contribution in [0, 0.1) is 0 Å². The summed E-state index contributed by atoms with van der Waals surface area (Å²) >= 11 is 1.74. The summed E-state index contributed by atoms with van der Waals surface area (Å²) in [6.07, 6.45) is 1.71. The second-order valence-corrected chi connectivity index (χ2v) is 6.55. The molecule has 1 unspecified atom stereocenters. The molecule has 0 fully saturated rings. The van der Waals surface area contributed by atoms with E-state index in [1.54, 1.807) is 11.3 Å². The average Bonchev–Trinajstić information content (AvgIpc) is 3.25. The van der Waals surface area contributed by atoms with Crippen LogP contribution in [0.2, 0.25) is 0 Å². The van der Waals surface area contributed by atoms with Gasteiger partial charge in [0.2, 0.25) is 0 Å². The Morgan fingerprint density at radius 3 is 2.75 bits per heavy atom. The van der Waals surface area contributed by atoms with Gasteiger partial charge >= 0.3 is 0 Å². The van der Waals surface area contributed by atoms with Gasteiger partial charge in [-0.3, -0.25) is 0 Å². The summed E-state index contributed by atoms with van der Waals surface area (Å²) in [5.41, 5.74) is 3.50. The molecule has 5 nitrogen and oxygen atoms in total. The topological polar surface area (TPSA) is 62.5 Å². The van der Waals surface area contributed by atoms with Crippen LogP contribution in [-0.4, -0.2) is 24.2 Å². The highest BCUT2D eigenvalue weighted by Gasteiger charge is 2.13. The fraction of sp³-hybridized carbons (Fsp3) is 0.556. The number of guanidine groups is 1. The van der Waals surface area contributed by atoms with Gasteiger partial charge in [-0.15, -0.1) is 0 Å². The van der Waals surface area contributed by atoms with Crippen molar-refractivity contribution in [2.75, 3.05) is 13.1 Å². The van der Waals surface area contributed by atoms with E-state index in [0.717, 1.165) is 48.9 Å². The van der Waals surface area contributed by atoms with Crippen LogP contribution in [0.25, 0.3) is 0 Å². The van der Waals surface area contributed by atoms with E-state index in [2.05, 4.69) is 60.3 Å². The molecule has 0 spiro atoms. The zero-order valence-corrected chi connectivity index (χ0v) is 15.9. The maximum Gasteiger partial charge on any atom is 0.191 e. The van der Waals surface area contributed by atoms with Gasteiger partial charge in [0, 0.05) is 25.1 Å². The molecule has 0 saturated heterocycles. The SMILES string of the molecule is CCNC(=NCc1c(CC)noc1CC)NCC(C)c1ccsc1. The third-order valence-corrected chi connectivity index (χ3v) is 4.74. The van der Waals surface area contributed by atoms with E-state index >= 15 is 0 Å². The van der Waals surface area contributed by atoms with E-state index in [1.807, 2.05) is 0 Å². The smallest absolute Gasteiger partial charge is 0.191 e. The quantitative estimate of drug-likeness (QED) is 0.564. The lowest BCUT2D eigenvalue weighted by Crippen LogP contribution is -2.39. The summed E-state index contributed by atoms with van der Waals surface area (Å²) in [6.45, 7) is 10.8. The van der Waals surface area contributed by atoms with E-state index in [-0.39, 0.29) is 0 Å². The number of nitrogens with zero attached hydrogens (tertiary/aromatic N) is 2. The Hall–Kier alpha value is -1.82. The molecule has 1 atom stereocenters. The van der Waals surface area contributed by atoms with Crippen LogP contribution < -0.4 is 10.6 Å². The molecule has 0 aliphatic rings. The Kier molecular flexibility index (Phi) is 7.31. The van der Waals surface area contributed by atoms with Gasteiger partial charge in [0.25, 0.3) is 0 Å². The molecule has 0 bridgehead atoms. The maximum absolute atomic E-state index is 5.42. The molecule has 2 aromatic heterocycles. The fourth-order valence-corrected chi connectivity index (χ4v) is 3.32. The number of rotatable bonds is 8. The third kappa shape index (κ3) is 4.84. The van der Waals surface area contributed by atoms with Crippen molar-refractivity contribution in [1.82, 2.24) is 15.8 Å². The van der Waals surface area contributed by atoms with Gasteiger partial charge in [-0.2, -0.15) is 11.3 Å². The molecule has 24 heavy (non-hydrogen) atoms. The van der Waals surface area contributed by atoms with Crippen molar-refractivity contribution < 1.29 is 4.52 Å². The predicted octanol–water partition coefficient (Wildman–Crippen LogP) is 3.72. The molecule has 0 aromatic carbocycles. The zero-order chi connectivity index (χ0) is 17.4. The van der Waals surface area contributed by atoms with E-state index in [4.69, 9.17) is 9.52 Å². The lowest BCUT2D eigenvalue weighted by atomic mass is 10.1. The molecule has 0 aliphatic heterocycles. The number of aromatic nitrogens is 1. The summed E-state index contributed by atoms with van der Waals surface area (Å²) in [7, 11) is 0. The average molecular weight is 349 g/mol. The summed E-state index contributed by atoms with van der Waals surface area (Å²) in [5, 5.41) is 15.2. The van der Waals surface area contributed by atoms with Gasteiger partial charge in [-0.05, 0) is 41.7 Å². The summed E-state index contributed by atoms with van der Waals surface area (Å²) in [4.78, 5) is 4.72. The van der Waals surface area contributed by atoms with Crippen molar-refractivity contribution in [2.45, 2.75) is 53.0 Å². The van der Waals surface area contributed by atoms with Crippen LogP contribution in [0.15, 0.2) is 26.3 Å². The molecule has 2 N–H and O–H groups in total. The Bertz CT molecular complexity index is 612. The highest BCUT2D eigenvalue weighted by atomic mass is 32.1. The number of aliphatic imine (C=N–C) groups is 1. The van der Waals surface area contributed by atoms with Crippen molar-refractivity contribution in [1.29, 1.82) is 0 Å². The monoisotopic (exact) mass is 348 g/mol. The second-order valence-electron chi connectivity index (χ2n) is 5.77. The van der Waals surface area contributed by atoms with Crippen LogP contribution in [-0.2, 0) is 19.4 Å². The first-order valence-corrected chi connectivity index (χ1v) is 9.64. The van der Waals surface area contributed by atoms with Gasteiger partial charge in [0.15, 0.2) is 5.96 Å². The number of hydrogen-bond acceptors (Lipinski definition) is 4. The second kappa shape index (κ2) is 9.47. The standard InChI is InChI=1S/C18H28N4OS/c1-5-16-15(17(6-2)23-22-16)11-21-18(19-7-3)20-10-13(4)14-8-9-24-12-14/h8-9,12-13H,5-7,10-11H2,1-4H3,(H2,19,20,21). The number of nitrogens with one attached hydrogen (secondary N) is 2. The van der Waals surface area contributed by atoms with Gasteiger partial charge in [0.1, 0.15) is 5.76 Å². The summed E-state index contributed by atoms with van der Waals surface area (Å²) < 4.78 is 5.42. The van der Waals surface area contributed by atoms with Crippen molar-refractivity contribution in [3.05, 3.63) is 39.4 Å². The molecular formula is C18H28N4OS. The van der Waals surface area contributed by atoms with Crippen LogP contribution >= 0.6 is 11.3 Å². The number of aryl methyl sites for hydroxylation is 2. The Morgan fingerprint density at radius 2 is 2.12 bits per heavy atom. The molecule has 2 aromatic rings. The van der Waals surface area contributed by atoms with E-state index in [9.17, 15) is 0 Å². The molecule has 0 aliphatic carbocycles. The van der Waals surface area contributed by atoms with Crippen molar-refractivity contribution in [3.63, 3.8) is 0 Å². The summed E-state index contributed by atoms with van der Waals surface area (Å²) in [5.74, 6) is 2.23. The van der Waals surface area contributed by atoms with Crippen LogP contribution in [0.1, 0.15) is 56.2 Å². The minimum atomic E-state index is 0.452. The van der Waals surface area contributed by atoms with Gasteiger partial charge < -0.3 is 15.2 Å². The first kappa shape index (κ1) is 18.5. The fourth-order valence-electron chi connectivity index (χ4n) is 2.54. The molecule has 0 saturated carbocycles. The molecule has 2 rings (SSSR count). The minimum Gasteiger partial charge on any atom is -0.361 e. The largest absolute Gasteiger partial charge is 0.361 e. The first-order valence-electron chi connectivity index (χ1n) is 8.70. The van der Waals surface area contributed by atoms with E-state index in [0.29, 0.717) is 12.5 Å². The maximum atomic E-state index is 5.42. The van der Waals surface area contributed by atoms with Gasteiger partial charge in [-0.1, -0.05) is 25.9 Å². The van der Waals surface area contributed by atoms with E-state index < -0.39 is 0 Å². The van der Waals surface area contributed by atoms with Crippen LogP contribution in [0.5, 0.6) is 0 Å². The minimum absolute atomic E-state index is 0.452. The normalized spacial score (nSPS) is 13.1. The number of thiophene rings is 1. The highest BCUT2D eigenvalue weighted by molar-refractivity contribution is 7.07. The third-order valence-electron chi connectivity index (χ3n) is 4.03. The molecule has 6 heteroatoms. The van der Waals surface area contributed by atoms with Crippen molar-refractivity contribution >= 4 is 17.3 Å². The summed E-state index contributed by atoms with van der Waals surface area (Å²) in [6, 6.07) is 2.18. The molecule has 0 amide bonds. The zero-order valence-electron chi connectivity index (χ0n) is 15.1. The lowest BCUT2D eigenvalue weighted by molar-refractivity contribution is 0.380. The van der Waals surface area contributed by atoms with Crippen LogP contribution in [0.3, 0.4) is 0 Å². The Morgan fingerprint density at radius 1 is 1.29 bits per heavy atom. The molecule has 2 heterocycles.